The Morgan fingerprint density at radius 1 is 1.19 bits per heavy atom. The van der Waals surface area contributed by atoms with E-state index in [0.717, 1.165) is 21.9 Å². The minimum Gasteiger partial charge on any atom is -0.292 e. The van der Waals surface area contributed by atoms with Crippen molar-refractivity contribution < 1.29 is 18.0 Å². The van der Waals surface area contributed by atoms with Crippen molar-refractivity contribution in [3.8, 4) is 0 Å². The molecule has 1 aromatic carbocycles. The fourth-order valence-corrected chi connectivity index (χ4v) is 2.53. The first-order valence-electron chi connectivity index (χ1n) is 8.07. The van der Waals surface area contributed by atoms with Crippen LogP contribution < -0.4 is 5.32 Å². The van der Waals surface area contributed by atoms with Gasteiger partial charge >= 0.3 is 6.18 Å². The Bertz CT molecular complexity index is 960. The lowest BCUT2D eigenvalue weighted by Gasteiger charge is -2.05. The van der Waals surface area contributed by atoms with E-state index in [4.69, 9.17) is 0 Å². The van der Waals surface area contributed by atoms with Gasteiger partial charge in [-0.15, -0.1) is 5.10 Å². The van der Waals surface area contributed by atoms with Crippen molar-refractivity contribution in [3.05, 3.63) is 59.2 Å². The first kappa shape index (κ1) is 18.6. The number of aryl methyl sites for hydroxylation is 2. The van der Waals surface area contributed by atoms with Crippen LogP contribution in [0.25, 0.3) is 0 Å². The summed E-state index contributed by atoms with van der Waals surface area (Å²) in [5.41, 5.74) is 1.35. The van der Waals surface area contributed by atoms with E-state index in [9.17, 15) is 18.0 Å². The summed E-state index contributed by atoms with van der Waals surface area (Å²) in [5, 5.41) is 10.0. The Balaban J connectivity index is 1.62. The number of rotatable bonds is 5. The molecule has 1 amide bonds. The molecule has 0 bridgehead atoms. The van der Waals surface area contributed by atoms with Crippen molar-refractivity contribution in [2.24, 2.45) is 0 Å². The van der Waals surface area contributed by atoms with Crippen LogP contribution >= 0.6 is 0 Å². The molecule has 0 unspecified atom stereocenters. The number of hydrogen-bond donors (Lipinski definition) is 1. The van der Waals surface area contributed by atoms with E-state index in [1.165, 1.54) is 13.3 Å². The molecule has 0 spiro atoms. The van der Waals surface area contributed by atoms with Crippen LogP contribution in [0.15, 0.2) is 36.7 Å². The molecule has 0 aliphatic carbocycles. The average Bonchev–Trinajstić information content (AvgIpc) is 3.14. The second-order valence-corrected chi connectivity index (χ2v) is 6.13. The monoisotopic (exact) mass is 378 g/mol. The number of benzene rings is 1. The first-order valence-corrected chi connectivity index (χ1v) is 8.07. The molecule has 0 aliphatic heterocycles. The van der Waals surface area contributed by atoms with Gasteiger partial charge in [0, 0.05) is 5.69 Å². The average molecular weight is 378 g/mol. The number of hydrogen-bond acceptors (Lipinski definition) is 4. The molecule has 142 valence electrons. The van der Waals surface area contributed by atoms with E-state index in [1.807, 2.05) is 31.2 Å². The number of anilines is 1. The Hall–Kier alpha value is -3.17. The van der Waals surface area contributed by atoms with Gasteiger partial charge in [-0.2, -0.15) is 18.3 Å². The van der Waals surface area contributed by atoms with Crippen molar-refractivity contribution in [3.63, 3.8) is 0 Å². The zero-order valence-corrected chi connectivity index (χ0v) is 14.7. The highest BCUT2D eigenvalue weighted by Gasteiger charge is 2.34. The Morgan fingerprint density at radius 2 is 1.96 bits per heavy atom. The zero-order valence-electron chi connectivity index (χ0n) is 14.7. The molecule has 7 nitrogen and oxygen atoms in total. The predicted octanol–water partition coefficient (Wildman–Crippen LogP) is 2.80. The Labute approximate surface area is 152 Å². The van der Waals surface area contributed by atoms with Crippen molar-refractivity contribution in [2.45, 2.75) is 33.1 Å². The normalized spacial score (nSPS) is 11.6. The summed E-state index contributed by atoms with van der Waals surface area (Å²) in [6, 6.07) is 8.77. The molecule has 2 heterocycles. The molecule has 0 radical (unpaired) electrons. The van der Waals surface area contributed by atoms with Gasteiger partial charge in [0.05, 0.1) is 6.54 Å². The van der Waals surface area contributed by atoms with Gasteiger partial charge < -0.3 is 0 Å². The number of carbonyl (C=O) groups excluding carboxylic acids is 1. The third kappa shape index (κ3) is 4.72. The molecule has 27 heavy (non-hydrogen) atoms. The number of nitrogens with one attached hydrogen (secondary N) is 1. The fourth-order valence-electron chi connectivity index (χ4n) is 2.53. The highest BCUT2D eigenvalue weighted by Crippen LogP contribution is 2.28. The maximum atomic E-state index is 12.7. The Morgan fingerprint density at radius 3 is 2.63 bits per heavy atom. The summed E-state index contributed by atoms with van der Waals surface area (Å²) >= 11 is 0. The third-order valence-electron chi connectivity index (χ3n) is 3.78. The number of alkyl halides is 3. The molecule has 0 saturated heterocycles. The van der Waals surface area contributed by atoms with Crippen LogP contribution in [0, 0.1) is 13.8 Å². The van der Waals surface area contributed by atoms with Crippen LogP contribution in [-0.4, -0.2) is 30.5 Å². The highest BCUT2D eigenvalue weighted by atomic mass is 19.4. The van der Waals surface area contributed by atoms with Gasteiger partial charge in [-0.3, -0.25) is 14.8 Å². The number of carbonyl (C=O) groups is 1. The summed E-state index contributed by atoms with van der Waals surface area (Å²) < 4.78 is 40.6. The van der Waals surface area contributed by atoms with Gasteiger partial charge in [0.25, 0.3) is 0 Å². The SMILES string of the molecule is Cc1cccc(Cn2cnc(NC(=O)Cn3nc(C(F)(F)F)cc3C)n2)c1. The fraction of sp³-hybridized carbons (Fsp3) is 0.294. The van der Waals surface area contributed by atoms with Gasteiger partial charge in [0.15, 0.2) is 5.69 Å². The number of halogens is 3. The zero-order chi connectivity index (χ0) is 19.6. The summed E-state index contributed by atoms with van der Waals surface area (Å²) in [4.78, 5) is 16.1. The van der Waals surface area contributed by atoms with E-state index >= 15 is 0 Å². The molecule has 3 aromatic rings. The van der Waals surface area contributed by atoms with E-state index in [-0.39, 0.29) is 18.2 Å². The maximum absolute atomic E-state index is 12.7. The summed E-state index contributed by atoms with van der Waals surface area (Å²) in [6.45, 7) is 3.55. The summed E-state index contributed by atoms with van der Waals surface area (Å²) in [7, 11) is 0. The maximum Gasteiger partial charge on any atom is 0.435 e. The van der Waals surface area contributed by atoms with Crippen molar-refractivity contribution in [2.75, 3.05) is 5.32 Å². The summed E-state index contributed by atoms with van der Waals surface area (Å²) in [6.07, 6.45) is -3.08. The van der Waals surface area contributed by atoms with E-state index < -0.39 is 17.8 Å². The van der Waals surface area contributed by atoms with Crippen molar-refractivity contribution >= 4 is 11.9 Å². The van der Waals surface area contributed by atoms with Gasteiger partial charge in [0.2, 0.25) is 11.9 Å². The molecule has 0 aliphatic rings. The predicted molar refractivity (Wildman–Crippen MR) is 90.9 cm³/mol. The molecular formula is C17H17F3N6O. The quantitative estimate of drug-likeness (QED) is 0.741. The minimum atomic E-state index is -4.55. The molecule has 0 fully saturated rings. The molecule has 0 saturated carbocycles. The van der Waals surface area contributed by atoms with Crippen LogP contribution in [0.2, 0.25) is 0 Å². The molecular weight excluding hydrogens is 361 g/mol. The lowest BCUT2D eigenvalue weighted by atomic mass is 10.1. The number of aromatic nitrogens is 5. The van der Waals surface area contributed by atoms with E-state index in [1.54, 1.807) is 4.68 Å². The van der Waals surface area contributed by atoms with Crippen molar-refractivity contribution in [1.82, 2.24) is 24.5 Å². The lowest BCUT2D eigenvalue weighted by Crippen LogP contribution is -2.21. The van der Waals surface area contributed by atoms with Crippen LogP contribution in [0.3, 0.4) is 0 Å². The van der Waals surface area contributed by atoms with E-state index in [0.29, 0.717) is 6.54 Å². The third-order valence-corrected chi connectivity index (χ3v) is 3.78. The second kappa shape index (κ2) is 7.22. The standard InChI is InChI=1S/C17H17F3N6O/c1-11-4-3-5-13(6-11)8-25-10-21-16(24-25)22-15(27)9-26-12(2)7-14(23-26)17(18,19)20/h3-7,10H,8-9H2,1-2H3,(H,22,24,27). The molecule has 3 rings (SSSR count). The second-order valence-electron chi connectivity index (χ2n) is 6.13. The lowest BCUT2D eigenvalue weighted by molar-refractivity contribution is -0.141. The van der Waals surface area contributed by atoms with E-state index in [2.05, 4.69) is 20.5 Å². The van der Waals surface area contributed by atoms with Crippen LogP contribution in [0.1, 0.15) is 22.5 Å². The number of amides is 1. The smallest absolute Gasteiger partial charge is 0.292 e. The van der Waals surface area contributed by atoms with Gasteiger partial charge in [-0.1, -0.05) is 29.8 Å². The molecule has 0 atom stereocenters. The topological polar surface area (TPSA) is 77.6 Å². The molecule has 10 heteroatoms. The largest absolute Gasteiger partial charge is 0.435 e. The molecule has 1 N–H and O–H groups in total. The summed E-state index contributed by atoms with van der Waals surface area (Å²) in [5.74, 6) is -0.489. The number of nitrogens with zero attached hydrogens (tertiary/aromatic N) is 5. The molecule has 2 aromatic heterocycles. The first-order chi connectivity index (χ1) is 12.7. The van der Waals surface area contributed by atoms with Crippen LogP contribution in [0.4, 0.5) is 19.1 Å². The Kier molecular flexibility index (Phi) is 4.98. The van der Waals surface area contributed by atoms with Crippen molar-refractivity contribution in [1.29, 1.82) is 0 Å². The van der Waals surface area contributed by atoms with Crippen LogP contribution in [-0.2, 0) is 24.1 Å². The van der Waals surface area contributed by atoms with Crippen LogP contribution in [0.5, 0.6) is 0 Å². The van der Waals surface area contributed by atoms with Gasteiger partial charge in [0.1, 0.15) is 12.9 Å². The minimum absolute atomic E-state index is 0.0773. The van der Waals surface area contributed by atoms with Gasteiger partial charge in [-0.05, 0) is 25.5 Å². The van der Waals surface area contributed by atoms with Gasteiger partial charge in [-0.25, -0.2) is 9.67 Å². The highest BCUT2D eigenvalue weighted by molar-refractivity contribution is 5.88.